The van der Waals surface area contributed by atoms with Gasteiger partial charge in [-0.1, -0.05) is 24.3 Å². The van der Waals surface area contributed by atoms with E-state index in [2.05, 4.69) is 25.0 Å². The number of nitrogens with one attached hydrogen (secondary N) is 2. The second kappa shape index (κ2) is 9.01. The molecule has 0 aliphatic heterocycles. The molecule has 0 radical (unpaired) electrons. The molecule has 6 nitrogen and oxygen atoms in total. The van der Waals surface area contributed by atoms with Crippen molar-refractivity contribution in [3.8, 4) is 11.5 Å². The highest BCUT2D eigenvalue weighted by atomic mass is 19.4. The van der Waals surface area contributed by atoms with Crippen molar-refractivity contribution in [2.45, 2.75) is 24.6 Å². The Kier molecular flexibility index (Phi) is 6.22. The summed E-state index contributed by atoms with van der Waals surface area (Å²) in [5, 5.41) is 3.89. The first kappa shape index (κ1) is 24.2. The van der Waals surface area contributed by atoms with E-state index in [9.17, 15) is 31.1 Å². The van der Waals surface area contributed by atoms with Crippen LogP contribution in [0.25, 0.3) is 0 Å². The number of benzene rings is 2. The average molecular weight is 497 g/mol. The van der Waals surface area contributed by atoms with Crippen LogP contribution in [0.4, 0.5) is 26.3 Å². The van der Waals surface area contributed by atoms with Crippen LogP contribution in [0.15, 0.2) is 72.0 Å². The smallest absolute Gasteiger partial charge is 0.406 e. The van der Waals surface area contributed by atoms with Crippen molar-refractivity contribution in [2.75, 3.05) is 0 Å². The van der Waals surface area contributed by atoms with Crippen LogP contribution >= 0.6 is 0 Å². The minimum absolute atomic E-state index is 0.260. The largest absolute Gasteiger partial charge is 0.573 e. The summed E-state index contributed by atoms with van der Waals surface area (Å²) in [6.45, 7) is 0. The van der Waals surface area contributed by atoms with Gasteiger partial charge in [0.2, 0.25) is 5.91 Å². The molecule has 2 aromatic carbocycles. The number of rotatable bonds is 7. The number of halogens is 6. The maximum Gasteiger partial charge on any atom is 0.573 e. The first-order valence-corrected chi connectivity index (χ1v) is 10.2. The fourth-order valence-corrected chi connectivity index (χ4v) is 3.96. The van der Waals surface area contributed by atoms with Crippen LogP contribution in [-0.4, -0.2) is 29.8 Å². The van der Waals surface area contributed by atoms with Crippen molar-refractivity contribution in [1.29, 1.82) is 0 Å². The summed E-state index contributed by atoms with van der Waals surface area (Å²) >= 11 is 0. The van der Waals surface area contributed by atoms with Gasteiger partial charge in [-0.2, -0.15) is 5.10 Å². The first-order chi connectivity index (χ1) is 16.5. The molecule has 1 amide bonds. The highest BCUT2D eigenvalue weighted by Gasteiger charge is 2.60. The number of nitrogens with zero attached hydrogens (tertiary/aromatic N) is 1. The van der Waals surface area contributed by atoms with Gasteiger partial charge in [0.15, 0.2) is 0 Å². The predicted molar refractivity (Wildman–Crippen MR) is 112 cm³/mol. The molecule has 184 valence electrons. The molecule has 12 heteroatoms. The first-order valence-electron chi connectivity index (χ1n) is 10.2. The minimum Gasteiger partial charge on any atom is -0.406 e. The number of hydrogen-bond acceptors (Lipinski definition) is 4. The average Bonchev–Trinajstić information content (AvgIpc) is 3.31. The number of alkyl halides is 6. The molecule has 2 N–H and O–H groups in total. The number of aromatic nitrogens is 1. The molecule has 1 heterocycles. The summed E-state index contributed by atoms with van der Waals surface area (Å²) in [6, 6.07) is 13.5. The van der Waals surface area contributed by atoms with Crippen LogP contribution in [0.3, 0.4) is 0 Å². The number of hydrogen-bond donors (Lipinski definition) is 2. The number of carbonyl (C=O) groups excluding carboxylic acids is 1. The fourth-order valence-electron chi connectivity index (χ4n) is 3.96. The molecular weight excluding hydrogens is 480 g/mol. The van der Waals surface area contributed by atoms with E-state index in [1.54, 1.807) is 18.3 Å². The maximum absolute atomic E-state index is 12.8. The van der Waals surface area contributed by atoms with Gasteiger partial charge in [-0.05, 0) is 53.9 Å². The van der Waals surface area contributed by atoms with Gasteiger partial charge in [0, 0.05) is 11.6 Å². The maximum atomic E-state index is 12.8. The van der Waals surface area contributed by atoms with Gasteiger partial charge < -0.3 is 14.5 Å². The van der Waals surface area contributed by atoms with Crippen molar-refractivity contribution in [1.82, 2.24) is 10.4 Å². The highest BCUT2D eigenvalue weighted by molar-refractivity contribution is 5.87. The Morgan fingerprint density at radius 2 is 1.43 bits per heavy atom. The summed E-state index contributed by atoms with van der Waals surface area (Å²) in [4.78, 5) is 15.7. The second-order valence-electron chi connectivity index (χ2n) is 7.73. The molecule has 1 atom stereocenters. The molecule has 0 saturated heterocycles. The minimum atomic E-state index is -4.87. The van der Waals surface area contributed by atoms with Crippen LogP contribution < -0.4 is 14.9 Å². The third-order valence-electron chi connectivity index (χ3n) is 5.48. The summed E-state index contributed by atoms with van der Waals surface area (Å²) in [6.07, 6.45) is -6.41. The molecule has 1 unspecified atom stereocenters. The monoisotopic (exact) mass is 497 g/mol. The van der Waals surface area contributed by atoms with Crippen molar-refractivity contribution in [2.24, 2.45) is 11.0 Å². The Morgan fingerprint density at radius 3 is 1.86 bits per heavy atom. The number of amides is 1. The summed E-state index contributed by atoms with van der Waals surface area (Å²) < 4.78 is 82.9. The van der Waals surface area contributed by atoms with E-state index in [1.165, 1.54) is 30.5 Å². The second-order valence-corrected chi connectivity index (χ2v) is 7.73. The Morgan fingerprint density at radius 1 is 0.914 bits per heavy atom. The molecule has 0 spiro atoms. The number of carbonyl (C=O) groups is 1. The lowest BCUT2D eigenvalue weighted by Gasteiger charge is -2.20. The van der Waals surface area contributed by atoms with Gasteiger partial charge in [-0.25, -0.2) is 5.43 Å². The summed E-state index contributed by atoms with van der Waals surface area (Å²) in [5.74, 6) is -2.02. The predicted octanol–water partition coefficient (Wildman–Crippen LogP) is 5.27. The van der Waals surface area contributed by atoms with Crippen molar-refractivity contribution < 1.29 is 40.6 Å². The molecule has 35 heavy (non-hydrogen) atoms. The molecule has 0 bridgehead atoms. The van der Waals surface area contributed by atoms with Crippen molar-refractivity contribution in [3.63, 3.8) is 0 Å². The van der Waals surface area contributed by atoms with Gasteiger partial charge in [-0.15, -0.1) is 26.3 Å². The zero-order valence-corrected chi connectivity index (χ0v) is 17.7. The van der Waals surface area contributed by atoms with Gasteiger partial charge in [0.25, 0.3) is 0 Å². The summed E-state index contributed by atoms with van der Waals surface area (Å²) in [5.41, 5.74) is 3.07. The zero-order valence-electron chi connectivity index (χ0n) is 17.7. The van der Waals surface area contributed by atoms with Crippen LogP contribution in [0, 0.1) is 5.92 Å². The van der Waals surface area contributed by atoms with E-state index in [4.69, 9.17) is 0 Å². The van der Waals surface area contributed by atoms with E-state index in [-0.39, 0.29) is 6.42 Å². The van der Waals surface area contributed by atoms with Gasteiger partial charge in [-0.3, -0.25) is 4.79 Å². The van der Waals surface area contributed by atoms with Crippen LogP contribution in [0.5, 0.6) is 11.5 Å². The Bertz CT molecular complexity index is 1130. The van der Waals surface area contributed by atoms with Gasteiger partial charge in [0.1, 0.15) is 11.5 Å². The quantitative estimate of drug-likeness (QED) is 0.265. The van der Waals surface area contributed by atoms with E-state index in [0.717, 1.165) is 24.3 Å². The lowest BCUT2D eigenvalue weighted by molar-refractivity contribution is -0.275. The van der Waals surface area contributed by atoms with Crippen LogP contribution in [-0.2, 0) is 10.2 Å². The number of aromatic amines is 1. The third kappa shape index (κ3) is 5.76. The van der Waals surface area contributed by atoms with Crippen molar-refractivity contribution >= 4 is 12.1 Å². The standard InChI is InChI=1S/C23H17F6N3O3/c24-22(25,26)34-17-7-3-14(4-8-17)21(15-5-9-18(10-6-15)35-23(27,28)29)12-19(21)20(33)32-31-13-16-2-1-11-30-16/h1-11,13,19,30H,12H2,(H,32,33)/b31-13+. The van der Waals surface area contributed by atoms with Crippen molar-refractivity contribution in [3.05, 3.63) is 83.7 Å². The molecular formula is C23H17F6N3O3. The van der Waals surface area contributed by atoms with E-state index in [1.807, 2.05) is 0 Å². The van der Waals surface area contributed by atoms with E-state index in [0.29, 0.717) is 16.8 Å². The molecule has 1 aliphatic carbocycles. The lowest BCUT2D eigenvalue weighted by atomic mass is 9.85. The van der Waals surface area contributed by atoms with Crippen LogP contribution in [0.1, 0.15) is 23.2 Å². The summed E-state index contributed by atoms with van der Waals surface area (Å²) in [7, 11) is 0. The van der Waals surface area contributed by atoms with Gasteiger partial charge >= 0.3 is 12.7 Å². The molecule has 1 fully saturated rings. The Balaban J connectivity index is 1.60. The molecule has 3 aromatic rings. The lowest BCUT2D eigenvalue weighted by Crippen LogP contribution is -2.25. The number of H-pyrrole nitrogens is 1. The molecule has 1 saturated carbocycles. The normalized spacial score (nSPS) is 17.3. The Hall–Kier alpha value is -3.96. The number of ether oxygens (including phenoxy) is 2. The van der Waals surface area contributed by atoms with Gasteiger partial charge in [0.05, 0.1) is 17.8 Å². The molecule has 1 aliphatic rings. The topological polar surface area (TPSA) is 75.7 Å². The SMILES string of the molecule is O=C(N/N=C/c1ccc[nH]1)C1CC1(c1ccc(OC(F)(F)F)cc1)c1ccc(OC(F)(F)F)cc1. The van der Waals surface area contributed by atoms with E-state index < -0.39 is 41.5 Å². The number of hydrazone groups is 1. The molecule has 1 aromatic heterocycles. The third-order valence-corrected chi connectivity index (χ3v) is 5.48. The zero-order chi connectivity index (χ0) is 25.3. The van der Waals surface area contributed by atoms with E-state index >= 15 is 0 Å². The fraction of sp³-hybridized carbons (Fsp3) is 0.217. The highest BCUT2D eigenvalue weighted by Crippen LogP contribution is 2.59. The molecule has 4 rings (SSSR count). The Labute approximate surface area is 194 Å². The van der Waals surface area contributed by atoms with Crippen LogP contribution in [0.2, 0.25) is 0 Å².